The molecule has 23 heavy (non-hydrogen) atoms. The number of ether oxygens (including phenoxy) is 1. The van der Waals surface area contributed by atoms with Crippen molar-refractivity contribution in [3.63, 3.8) is 0 Å². The standard InChI is InChI=1S/C15H20N6O2/c1-17-7-12-15(16)21(10-18-12)8-11-5-4-6-13(19-11)23-9-14(22)20(2)3/h4-6,10H,1,7-9,16H2,2-3H3. The number of likely N-dealkylation sites (N-methyl/N-ethyl adjacent to an activating group) is 1. The van der Waals surface area contributed by atoms with Crippen LogP contribution in [0.5, 0.6) is 5.88 Å². The molecule has 8 heteroatoms. The van der Waals surface area contributed by atoms with E-state index < -0.39 is 0 Å². The Hall–Kier alpha value is -2.90. The highest BCUT2D eigenvalue weighted by Crippen LogP contribution is 2.14. The number of nitrogens with zero attached hydrogens (tertiary/aromatic N) is 5. The third-order valence-corrected chi connectivity index (χ3v) is 3.18. The topological polar surface area (TPSA) is 98.6 Å². The van der Waals surface area contributed by atoms with Crippen molar-refractivity contribution in [2.75, 3.05) is 26.4 Å². The maximum Gasteiger partial charge on any atom is 0.260 e. The monoisotopic (exact) mass is 316 g/mol. The van der Waals surface area contributed by atoms with Gasteiger partial charge in [-0.15, -0.1) is 0 Å². The predicted octanol–water partition coefficient (Wildman–Crippen LogP) is 0.576. The minimum Gasteiger partial charge on any atom is -0.468 e. The molecule has 2 aromatic heterocycles. The van der Waals surface area contributed by atoms with Gasteiger partial charge in [0, 0.05) is 20.2 Å². The highest BCUT2D eigenvalue weighted by Gasteiger charge is 2.09. The van der Waals surface area contributed by atoms with Crippen molar-refractivity contribution in [2.24, 2.45) is 4.99 Å². The van der Waals surface area contributed by atoms with Crippen molar-refractivity contribution in [1.82, 2.24) is 19.4 Å². The SMILES string of the molecule is C=NCc1ncn(Cc2cccc(OCC(=O)N(C)C)n2)c1N. The Bertz CT molecular complexity index is 695. The van der Waals surface area contributed by atoms with Crippen molar-refractivity contribution in [2.45, 2.75) is 13.1 Å². The Morgan fingerprint density at radius 2 is 2.26 bits per heavy atom. The zero-order chi connectivity index (χ0) is 16.8. The van der Waals surface area contributed by atoms with Crippen LogP contribution >= 0.6 is 0 Å². The van der Waals surface area contributed by atoms with Gasteiger partial charge in [-0.1, -0.05) is 6.07 Å². The molecule has 2 rings (SSSR count). The van der Waals surface area contributed by atoms with Crippen molar-refractivity contribution in [3.05, 3.63) is 35.9 Å². The Kier molecular flexibility index (Phi) is 5.29. The molecule has 0 unspecified atom stereocenters. The Morgan fingerprint density at radius 1 is 1.48 bits per heavy atom. The maximum absolute atomic E-state index is 11.5. The molecule has 0 aliphatic heterocycles. The highest BCUT2D eigenvalue weighted by molar-refractivity contribution is 5.77. The number of nitrogen functional groups attached to an aromatic ring is 1. The molecule has 0 spiro atoms. The molecule has 2 N–H and O–H groups in total. The first kappa shape index (κ1) is 16.5. The number of hydrogen-bond acceptors (Lipinski definition) is 6. The molecule has 0 saturated carbocycles. The zero-order valence-electron chi connectivity index (χ0n) is 13.3. The first-order chi connectivity index (χ1) is 11.0. The van der Waals surface area contributed by atoms with E-state index >= 15 is 0 Å². The van der Waals surface area contributed by atoms with Crippen molar-refractivity contribution in [1.29, 1.82) is 0 Å². The Labute approximate surface area is 134 Å². The molecule has 0 saturated heterocycles. The largest absolute Gasteiger partial charge is 0.468 e. The summed E-state index contributed by atoms with van der Waals surface area (Å²) in [5, 5.41) is 0. The molecule has 0 bridgehead atoms. The van der Waals surface area contributed by atoms with Gasteiger partial charge in [-0.25, -0.2) is 9.97 Å². The number of rotatable bonds is 7. The van der Waals surface area contributed by atoms with Gasteiger partial charge < -0.3 is 19.9 Å². The molecule has 0 aliphatic rings. The second-order valence-electron chi connectivity index (χ2n) is 5.13. The minimum atomic E-state index is -0.127. The molecular formula is C15H20N6O2. The molecule has 0 fully saturated rings. The number of carbonyl (C=O) groups excluding carboxylic acids is 1. The van der Waals surface area contributed by atoms with E-state index in [0.717, 1.165) is 5.69 Å². The van der Waals surface area contributed by atoms with Crippen molar-refractivity contribution in [3.8, 4) is 5.88 Å². The lowest BCUT2D eigenvalue weighted by Gasteiger charge is -2.11. The first-order valence-electron chi connectivity index (χ1n) is 7.02. The van der Waals surface area contributed by atoms with Crippen LogP contribution in [0.4, 0.5) is 5.82 Å². The fraction of sp³-hybridized carbons (Fsp3) is 0.333. The fourth-order valence-corrected chi connectivity index (χ4v) is 1.85. The lowest BCUT2D eigenvalue weighted by Crippen LogP contribution is -2.27. The lowest BCUT2D eigenvalue weighted by atomic mass is 10.3. The Morgan fingerprint density at radius 3 is 2.96 bits per heavy atom. The van der Waals surface area contributed by atoms with Crippen LogP contribution in [0, 0.1) is 0 Å². The van der Waals surface area contributed by atoms with E-state index in [0.29, 0.717) is 30.5 Å². The second kappa shape index (κ2) is 7.39. The van der Waals surface area contributed by atoms with Crippen LogP contribution in [-0.2, 0) is 17.9 Å². The number of nitrogens with two attached hydrogens (primary N) is 1. The normalized spacial score (nSPS) is 10.3. The molecule has 0 aliphatic carbocycles. The summed E-state index contributed by atoms with van der Waals surface area (Å²) in [5.41, 5.74) is 7.45. The zero-order valence-corrected chi connectivity index (χ0v) is 13.3. The van der Waals surface area contributed by atoms with Crippen molar-refractivity contribution >= 4 is 18.4 Å². The second-order valence-corrected chi connectivity index (χ2v) is 5.13. The minimum absolute atomic E-state index is 0.0498. The number of aromatic nitrogens is 3. The first-order valence-corrected chi connectivity index (χ1v) is 7.02. The Balaban J connectivity index is 2.05. The van der Waals surface area contributed by atoms with Gasteiger partial charge in [-0.2, -0.15) is 0 Å². The molecule has 0 radical (unpaired) electrons. The van der Waals surface area contributed by atoms with Gasteiger partial charge >= 0.3 is 0 Å². The average Bonchev–Trinajstić information content (AvgIpc) is 2.86. The van der Waals surface area contributed by atoms with Gasteiger partial charge in [0.2, 0.25) is 5.88 Å². The molecule has 2 heterocycles. The van der Waals surface area contributed by atoms with Crippen LogP contribution in [0.2, 0.25) is 0 Å². The maximum atomic E-state index is 11.5. The summed E-state index contributed by atoms with van der Waals surface area (Å²) in [4.78, 5) is 25.3. The van der Waals surface area contributed by atoms with E-state index in [1.807, 2.05) is 12.1 Å². The van der Waals surface area contributed by atoms with E-state index in [1.165, 1.54) is 4.90 Å². The van der Waals surface area contributed by atoms with Gasteiger partial charge in [0.25, 0.3) is 5.91 Å². The van der Waals surface area contributed by atoms with E-state index in [2.05, 4.69) is 21.7 Å². The summed E-state index contributed by atoms with van der Waals surface area (Å²) in [6, 6.07) is 5.37. The summed E-state index contributed by atoms with van der Waals surface area (Å²) in [6.07, 6.45) is 1.64. The molecule has 8 nitrogen and oxygen atoms in total. The summed E-state index contributed by atoms with van der Waals surface area (Å²) in [6.45, 7) is 4.21. The lowest BCUT2D eigenvalue weighted by molar-refractivity contribution is -0.130. The number of pyridine rings is 1. The number of anilines is 1. The molecule has 2 aromatic rings. The van der Waals surface area contributed by atoms with Gasteiger partial charge in [0.15, 0.2) is 6.61 Å². The van der Waals surface area contributed by atoms with Crippen molar-refractivity contribution < 1.29 is 9.53 Å². The third kappa shape index (κ3) is 4.29. The summed E-state index contributed by atoms with van der Waals surface area (Å²) in [7, 11) is 3.35. The van der Waals surface area contributed by atoms with E-state index in [9.17, 15) is 4.79 Å². The number of hydrogen-bond donors (Lipinski definition) is 1. The van der Waals surface area contributed by atoms with Crippen LogP contribution < -0.4 is 10.5 Å². The van der Waals surface area contributed by atoms with Crippen LogP contribution in [0.3, 0.4) is 0 Å². The summed E-state index contributed by atoms with van der Waals surface area (Å²) < 4.78 is 7.18. The molecule has 1 amide bonds. The predicted molar refractivity (Wildman–Crippen MR) is 87.4 cm³/mol. The molecular weight excluding hydrogens is 296 g/mol. The number of imidazole rings is 1. The summed E-state index contributed by atoms with van der Waals surface area (Å²) in [5.74, 6) is 0.801. The van der Waals surface area contributed by atoms with E-state index in [1.54, 1.807) is 31.1 Å². The number of aliphatic imine (C=N–C) groups is 1. The molecule has 122 valence electrons. The smallest absolute Gasteiger partial charge is 0.260 e. The number of amides is 1. The van der Waals surface area contributed by atoms with Gasteiger partial charge in [0.05, 0.1) is 25.1 Å². The van der Waals surface area contributed by atoms with Gasteiger partial charge in [0.1, 0.15) is 11.5 Å². The fourth-order valence-electron chi connectivity index (χ4n) is 1.85. The van der Waals surface area contributed by atoms with Crippen LogP contribution in [0.25, 0.3) is 0 Å². The summed E-state index contributed by atoms with van der Waals surface area (Å²) >= 11 is 0. The van der Waals surface area contributed by atoms with E-state index in [4.69, 9.17) is 10.5 Å². The van der Waals surface area contributed by atoms with Gasteiger partial charge in [-0.05, 0) is 12.8 Å². The van der Waals surface area contributed by atoms with E-state index in [-0.39, 0.29) is 12.5 Å². The van der Waals surface area contributed by atoms with Gasteiger partial charge in [-0.3, -0.25) is 9.79 Å². The number of carbonyl (C=O) groups is 1. The molecule has 0 atom stereocenters. The third-order valence-electron chi connectivity index (χ3n) is 3.18. The molecule has 0 aromatic carbocycles. The van der Waals surface area contributed by atoms with Crippen LogP contribution in [0.1, 0.15) is 11.4 Å². The van der Waals surface area contributed by atoms with Crippen LogP contribution in [0.15, 0.2) is 29.5 Å². The highest BCUT2D eigenvalue weighted by atomic mass is 16.5. The average molecular weight is 316 g/mol. The quantitative estimate of drug-likeness (QED) is 0.753. The van der Waals surface area contributed by atoms with Crippen LogP contribution in [-0.4, -0.2) is 52.8 Å².